The summed E-state index contributed by atoms with van der Waals surface area (Å²) in [5.74, 6) is 0.0950. The van der Waals surface area contributed by atoms with E-state index in [-0.39, 0.29) is 29.1 Å². The summed E-state index contributed by atoms with van der Waals surface area (Å²) in [5.41, 5.74) is -0.264. The van der Waals surface area contributed by atoms with E-state index in [0.29, 0.717) is 50.1 Å². The monoisotopic (exact) mass is 397 g/mol. The van der Waals surface area contributed by atoms with Crippen molar-refractivity contribution in [1.82, 2.24) is 24.4 Å². The van der Waals surface area contributed by atoms with Crippen LogP contribution in [0.2, 0.25) is 0 Å². The van der Waals surface area contributed by atoms with Gasteiger partial charge >= 0.3 is 0 Å². The van der Waals surface area contributed by atoms with Crippen LogP contribution in [0.25, 0.3) is 5.52 Å². The second-order valence-electron chi connectivity index (χ2n) is 9.58. The first-order valence-corrected chi connectivity index (χ1v) is 10.5. The molecule has 2 amide bonds. The average molecular weight is 397 g/mol. The summed E-state index contributed by atoms with van der Waals surface area (Å²) in [6, 6.07) is 0. The van der Waals surface area contributed by atoms with Crippen LogP contribution in [0.3, 0.4) is 0 Å². The van der Waals surface area contributed by atoms with Crippen LogP contribution in [-0.4, -0.2) is 68.1 Å². The molecular formula is C21H24FN5O2. The number of carbonyl (C=O) groups is 2. The highest BCUT2D eigenvalue weighted by molar-refractivity contribution is 6.00. The third kappa shape index (κ3) is 2.47. The van der Waals surface area contributed by atoms with Crippen LogP contribution in [0.5, 0.6) is 0 Å². The van der Waals surface area contributed by atoms with Gasteiger partial charge < -0.3 is 9.80 Å². The van der Waals surface area contributed by atoms with E-state index in [2.05, 4.69) is 10.1 Å². The number of aromatic nitrogens is 3. The van der Waals surface area contributed by atoms with E-state index < -0.39 is 5.67 Å². The zero-order valence-corrected chi connectivity index (χ0v) is 16.3. The standard InChI is InChI=1S/C21H24FN5O2/c22-21(12-20(13-21)2-1-3-20)19(29)26-10-14-8-25(9-15(14)11-26)18(28)16-6-24-27-5-4-23-7-17(16)27/h4-7,14-15H,1-3,8-13H2/t14-,15+. The maximum Gasteiger partial charge on any atom is 0.260 e. The average Bonchev–Trinajstić information content (AvgIpc) is 3.35. The third-order valence-electron chi connectivity index (χ3n) is 7.72. The van der Waals surface area contributed by atoms with Crippen LogP contribution in [0.15, 0.2) is 24.8 Å². The number of nitrogens with zero attached hydrogens (tertiary/aromatic N) is 5. The smallest absolute Gasteiger partial charge is 0.260 e. The van der Waals surface area contributed by atoms with Crippen molar-refractivity contribution >= 4 is 17.3 Å². The van der Waals surface area contributed by atoms with Gasteiger partial charge in [-0.3, -0.25) is 14.6 Å². The number of rotatable bonds is 2. The maximum absolute atomic E-state index is 15.1. The van der Waals surface area contributed by atoms with Crippen LogP contribution in [-0.2, 0) is 4.79 Å². The molecule has 0 bridgehead atoms. The molecule has 2 saturated heterocycles. The number of amides is 2. The predicted molar refractivity (Wildman–Crippen MR) is 102 cm³/mol. The minimum absolute atomic E-state index is 0.0480. The zero-order chi connectivity index (χ0) is 19.8. The van der Waals surface area contributed by atoms with Gasteiger partial charge in [-0.1, -0.05) is 6.42 Å². The van der Waals surface area contributed by atoms with Crippen molar-refractivity contribution in [3.63, 3.8) is 0 Å². The van der Waals surface area contributed by atoms with Crippen molar-refractivity contribution in [2.24, 2.45) is 17.3 Å². The molecule has 0 radical (unpaired) electrons. The SMILES string of the molecule is O=C(c1cnn2ccncc12)N1C[C@@H]2CN(C(=O)C3(F)CC4(CCC4)C3)C[C@@H]2C1. The van der Waals surface area contributed by atoms with Crippen LogP contribution < -0.4 is 0 Å². The number of hydrogen-bond acceptors (Lipinski definition) is 4. The van der Waals surface area contributed by atoms with E-state index in [1.165, 1.54) is 6.42 Å². The number of fused-ring (bicyclic) bond motifs is 2. The molecule has 29 heavy (non-hydrogen) atoms. The van der Waals surface area contributed by atoms with Gasteiger partial charge in [0.1, 0.15) is 0 Å². The fourth-order valence-corrected chi connectivity index (χ4v) is 6.10. The van der Waals surface area contributed by atoms with Gasteiger partial charge in [-0.25, -0.2) is 8.91 Å². The van der Waals surface area contributed by atoms with Gasteiger partial charge in [0.25, 0.3) is 11.8 Å². The molecule has 1 spiro atoms. The first-order chi connectivity index (χ1) is 14.0. The molecule has 7 nitrogen and oxygen atoms in total. The molecule has 2 saturated carbocycles. The minimum Gasteiger partial charge on any atom is -0.339 e. The fraction of sp³-hybridized carbons (Fsp3) is 0.619. The molecule has 0 unspecified atom stereocenters. The third-order valence-corrected chi connectivity index (χ3v) is 7.72. The van der Waals surface area contributed by atoms with E-state index in [9.17, 15) is 9.59 Å². The van der Waals surface area contributed by atoms with Gasteiger partial charge in [0.05, 0.1) is 23.5 Å². The molecule has 4 aliphatic rings. The van der Waals surface area contributed by atoms with Gasteiger partial charge in [0.15, 0.2) is 5.67 Å². The molecule has 0 aromatic carbocycles. The van der Waals surface area contributed by atoms with Crippen LogP contribution >= 0.6 is 0 Å². The molecule has 8 heteroatoms. The van der Waals surface area contributed by atoms with Crippen LogP contribution in [0.4, 0.5) is 4.39 Å². The highest BCUT2D eigenvalue weighted by atomic mass is 19.1. The van der Waals surface area contributed by atoms with Crippen LogP contribution in [0.1, 0.15) is 42.5 Å². The van der Waals surface area contributed by atoms with Gasteiger partial charge in [-0.05, 0) is 31.1 Å². The molecule has 4 heterocycles. The highest BCUT2D eigenvalue weighted by Gasteiger charge is 2.63. The van der Waals surface area contributed by atoms with E-state index in [1.807, 2.05) is 4.90 Å². The Balaban J connectivity index is 1.11. The second-order valence-corrected chi connectivity index (χ2v) is 9.58. The van der Waals surface area contributed by atoms with Crippen molar-refractivity contribution in [2.75, 3.05) is 26.2 Å². The second kappa shape index (κ2) is 5.77. The van der Waals surface area contributed by atoms with Gasteiger partial charge in [0, 0.05) is 50.4 Å². The summed E-state index contributed by atoms with van der Waals surface area (Å²) in [7, 11) is 0. The molecule has 2 aromatic rings. The van der Waals surface area contributed by atoms with E-state index in [0.717, 1.165) is 12.8 Å². The lowest BCUT2D eigenvalue weighted by Crippen LogP contribution is -2.60. The summed E-state index contributed by atoms with van der Waals surface area (Å²) < 4.78 is 16.8. The van der Waals surface area contributed by atoms with Crippen molar-refractivity contribution in [2.45, 2.75) is 37.8 Å². The molecule has 0 N–H and O–H groups in total. The molecule has 2 aliphatic heterocycles. The summed E-state index contributed by atoms with van der Waals surface area (Å²) >= 11 is 0. The summed E-state index contributed by atoms with van der Waals surface area (Å²) in [6.45, 7) is 2.33. The lowest BCUT2D eigenvalue weighted by molar-refractivity contribution is -0.171. The molecule has 2 aliphatic carbocycles. The normalized spacial score (nSPS) is 29.0. The van der Waals surface area contributed by atoms with Crippen LogP contribution in [0, 0.1) is 17.3 Å². The summed E-state index contributed by atoms with van der Waals surface area (Å²) in [4.78, 5) is 33.5. The Morgan fingerprint density at radius 3 is 2.38 bits per heavy atom. The van der Waals surface area contributed by atoms with E-state index in [1.54, 1.807) is 34.2 Å². The Kier molecular flexibility index (Phi) is 3.45. The topological polar surface area (TPSA) is 70.8 Å². The first-order valence-electron chi connectivity index (χ1n) is 10.5. The van der Waals surface area contributed by atoms with Gasteiger partial charge in [-0.2, -0.15) is 5.10 Å². The van der Waals surface area contributed by atoms with E-state index in [4.69, 9.17) is 0 Å². The molecule has 2 aromatic heterocycles. The van der Waals surface area contributed by atoms with Gasteiger partial charge in [0.2, 0.25) is 0 Å². The Morgan fingerprint density at radius 1 is 1.03 bits per heavy atom. The number of hydrogen-bond donors (Lipinski definition) is 0. The number of alkyl halides is 1. The molecule has 4 fully saturated rings. The number of halogens is 1. The summed E-state index contributed by atoms with van der Waals surface area (Å²) in [5, 5.41) is 4.22. The minimum atomic E-state index is -1.64. The van der Waals surface area contributed by atoms with Crippen molar-refractivity contribution in [3.8, 4) is 0 Å². The summed E-state index contributed by atoms with van der Waals surface area (Å²) in [6.07, 6.45) is 10.7. The Bertz CT molecular complexity index is 993. The number of carbonyl (C=O) groups excluding carboxylic acids is 2. The highest BCUT2D eigenvalue weighted by Crippen LogP contribution is 2.62. The first kappa shape index (κ1) is 17.4. The lowest BCUT2D eigenvalue weighted by Gasteiger charge is -2.56. The van der Waals surface area contributed by atoms with Crippen molar-refractivity contribution in [1.29, 1.82) is 0 Å². The Morgan fingerprint density at radius 2 is 1.72 bits per heavy atom. The lowest BCUT2D eigenvalue weighted by atomic mass is 9.50. The maximum atomic E-state index is 15.1. The predicted octanol–water partition coefficient (Wildman–Crippen LogP) is 1.93. The quantitative estimate of drug-likeness (QED) is 0.777. The Hall–Kier alpha value is -2.51. The largest absolute Gasteiger partial charge is 0.339 e. The van der Waals surface area contributed by atoms with E-state index >= 15 is 4.39 Å². The molecule has 2 atom stereocenters. The fourth-order valence-electron chi connectivity index (χ4n) is 6.10. The Labute approximate surface area is 167 Å². The number of likely N-dealkylation sites (tertiary alicyclic amines) is 2. The zero-order valence-electron chi connectivity index (χ0n) is 16.3. The van der Waals surface area contributed by atoms with Gasteiger partial charge in [-0.15, -0.1) is 0 Å². The van der Waals surface area contributed by atoms with Crippen molar-refractivity contribution in [3.05, 3.63) is 30.4 Å². The molecular weight excluding hydrogens is 373 g/mol. The molecule has 6 rings (SSSR count). The molecule has 152 valence electrons. The van der Waals surface area contributed by atoms with Crippen molar-refractivity contribution < 1.29 is 14.0 Å².